The summed E-state index contributed by atoms with van der Waals surface area (Å²) in [6.45, 7) is 0. The van der Waals surface area contributed by atoms with Crippen molar-refractivity contribution in [3.05, 3.63) is 0 Å². The van der Waals surface area contributed by atoms with E-state index in [4.69, 9.17) is 5.73 Å². The Morgan fingerprint density at radius 1 is 1.36 bits per heavy atom. The van der Waals surface area contributed by atoms with Crippen molar-refractivity contribution in [1.29, 1.82) is 0 Å². The van der Waals surface area contributed by atoms with Gasteiger partial charge < -0.3 is 5.73 Å². The molecular weight excluding hydrogens is 154 g/mol. The molecule has 1 aliphatic rings. The van der Waals surface area contributed by atoms with Gasteiger partial charge in [0.05, 0.1) is 0 Å². The van der Waals surface area contributed by atoms with Gasteiger partial charge >= 0.3 is 0 Å². The molecule has 1 saturated carbocycles. The van der Waals surface area contributed by atoms with E-state index in [0.717, 1.165) is 0 Å². The fraction of sp³-hybridized carbons (Fsp3) is 1.00. The number of nitrogens with two attached hydrogens (primary N) is 1. The minimum absolute atomic E-state index is 0.232. The van der Waals surface area contributed by atoms with Crippen molar-refractivity contribution in [2.24, 2.45) is 5.73 Å². The van der Waals surface area contributed by atoms with E-state index in [9.17, 15) is 0 Å². The Hall–Kier alpha value is 0.310. The third-order valence-electron chi connectivity index (χ3n) is 2.62. The molecule has 0 saturated heterocycles. The summed E-state index contributed by atoms with van der Waals surface area (Å²) in [7, 11) is 0. The molecule has 0 unspecified atom stereocenters. The van der Waals surface area contributed by atoms with Gasteiger partial charge in [-0.1, -0.05) is 12.8 Å². The number of thioether (sulfide) groups is 1. The highest BCUT2D eigenvalue weighted by Crippen LogP contribution is 2.31. The Morgan fingerprint density at radius 3 is 2.55 bits per heavy atom. The molecule has 0 amide bonds. The second-order valence-corrected chi connectivity index (χ2v) is 4.65. The van der Waals surface area contributed by atoms with Crippen LogP contribution in [-0.2, 0) is 0 Å². The lowest BCUT2D eigenvalue weighted by Gasteiger charge is -2.22. The number of hydrogen-bond acceptors (Lipinski definition) is 2. The maximum atomic E-state index is 6.19. The number of rotatable bonds is 4. The Morgan fingerprint density at radius 2 is 2.00 bits per heavy atom. The third kappa shape index (κ3) is 3.04. The normalized spacial score (nSPS) is 22.4. The van der Waals surface area contributed by atoms with Crippen LogP contribution in [0.2, 0.25) is 0 Å². The van der Waals surface area contributed by atoms with Crippen LogP contribution in [0.3, 0.4) is 0 Å². The zero-order valence-corrected chi connectivity index (χ0v) is 8.25. The van der Waals surface area contributed by atoms with E-state index in [1.165, 1.54) is 44.3 Å². The molecule has 1 rings (SSSR count). The van der Waals surface area contributed by atoms with Crippen molar-refractivity contribution in [3.63, 3.8) is 0 Å². The molecule has 0 aromatic rings. The van der Waals surface area contributed by atoms with Crippen molar-refractivity contribution in [1.82, 2.24) is 0 Å². The highest BCUT2D eigenvalue weighted by atomic mass is 32.2. The molecule has 0 atom stereocenters. The number of hydrogen-bond donors (Lipinski definition) is 1. The van der Waals surface area contributed by atoms with Crippen LogP contribution in [0.25, 0.3) is 0 Å². The van der Waals surface area contributed by atoms with Gasteiger partial charge in [-0.05, 0) is 37.7 Å². The first kappa shape index (κ1) is 9.40. The zero-order valence-electron chi connectivity index (χ0n) is 7.44. The first-order valence-electron chi connectivity index (χ1n) is 4.55. The van der Waals surface area contributed by atoms with E-state index in [2.05, 4.69) is 6.26 Å². The molecule has 66 valence electrons. The summed E-state index contributed by atoms with van der Waals surface area (Å²) in [4.78, 5) is 0. The fourth-order valence-corrected chi connectivity index (χ4v) is 2.33. The maximum Gasteiger partial charge on any atom is 0.0154 e. The SMILES string of the molecule is CSCCCC1(N)CCCC1. The lowest BCUT2D eigenvalue weighted by atomic mass is 9.93. The molecular formula is C9H19NS. The summed E-state index contributed by atoms with van der Waals surface area (Å²) in [6.07, 6.45) is 9.96. The molecule has 1 fully saturated rings. The van der Waals surface area contributed by atoms with E-state index in [1.807, 2.05) is 11.8 Å². The van der Waals surface area contributed by atoms with E-state index in [1.54, 1.807) is 0 Å². The molecule has 0 spiro atoms. The molecule has 0 radical (unpaired) electrons. The smallest absolute Gasteiger partial charge is 0.0154 e. The molecule has 2 heteroatoms. The Labute approximate surface area is 74.1 Å². The average Bonchev–Trinajstić information content (AvgIpc) is 2.38. The van der Waals surface area contributed by atoms with Gasteiger partial charge in [-0.25, -0.2) is 0 Å². The highest BCUT2D eigenvalue weighted by Gasteiger charge is 2.27. The first-order chi connectivity index (χ1) is 5.27. The molecule has 1 aliphatic carbocycles. The Kier molecular flexibility index (Phi) is 3.73. The van der Waals surface area contributed by atoms with Crippen LogP contribution in [0.4, 0.5) is 0 Å². The summed E-state index contributed by atoms with van der Waals surface area (Å²) in [5.74, 6) is 1.28. The van der Waals surface area contributed by atoms with Crippen molar-refractivity contribution in [3.8, 4) is 0 Å². The van der Waals surface area contributed by atoms with Crippen LogP contribution < -0.4 is 5.73 Å². The highest BCUT2D eigenvalue weighted by molar-refractivity contribution is 7.98. The largest absolute Gasteiger partial charge is 0.325 e. The van der Waals surface area contributed by atoms with Gasteiger partial charge in [0.25, 0.3) is 0 Å². The summed E-state index contributed by atoms with van der Waals surface area (Å²) in [5, 5.41) is 0. The molecule has 1 nitrogen and oxygen atoms in total. The minimum atomic E-state index is 0.232. The predicted octanol–water partition coefficient (Wildman–Crippen LogP) is 2.40. The Balaban J connectivity index is 2.13. The van der Waals surface area contributed by atoms with Gasteiger partial charge in [-0.3, -0.25) is 0 Å². The first-order valence-corrected chi connectivity index (χ1v) is 5.94. The van der Waals surface area contributed by atoms with Crippen molar-refractivity contribution in [2.75, 3.05) is 12.0 Å². The lowest BCUT2D eigenvalue weighted by Crippen LogP contribution is -2.36. The van der Waals surface area contributed by atoms with Crippen LogP contribution in [0.5, 0.6) is 0 Å². The van der Waals surface area contributed by atoms with Gasteiger partial charge in [0.1, 0.15) is 0 Å². The van der Waals surface area contributed by atoms with Gasteiger partial charge in [0.15, 0.2) is 0 Å². The summed E-state index contributed by atoms with van der Waals surface area (Å²) in [6, 6.07) is 0. The van der Waals surface area contributed by atoms with Crippen LogP contribution in [0.15, 0.2) is 0 Å². The van der Waals surface area contributed by atoms with Crippen LogP contribution in [-0.4, -0.2) is 17.5 Å². The second-order valence-electron chi connectivity index (χ2n) is 3.67. The molecule has 0 bridgehead atoms. The van der Waals surface area contributed by atoms with E-state index >= 15 is 0 Å². The zero-order chi connectivity index (χ0) is 8.16. The fourth-order valence-electron chi connectivity index (χ4n) is 1.90. The monoisotopic (exact) mass is 173 g/mol. The average molecular weight is 173 g/mol. The van der Waals surface area contributed by atoms with Gasteiger partial charge in [0.2, 0.25) is 0 Å². The van der Waals surface area contributed by atoms with Crippen LogP contribution in [0, 0.1) is 0 Å². The predicted molar refractivity (Wildman–Crippen MR) is 53.0 cm³/mol. The molecule has 2 N–H and O–H groups in total. The van der Waals surface area contributed by atoms with E-state index in [0.29, 0.717) is 0 Å². The maximum absolute atomic E-state index is 6.19. The molecule has 11 heavy (non-hydrogen) atoms. The van der Waals surface area contributed by atoms with Crippen LogP contribution in [0.1, 0.15) is 38.5 Å². The minimum Gasteiger partial charge on any atom is -0.325 e. The molecule has 0 aliphatic heterocycles. The van der Waals surface area contributed by atoms with Crippen molar-refractivity contribution < 1.29 is 0 Å². The van der Waals surface area contributed by atoms with Crippen molar-refractivity contribution >= 4 is 11.8 Å². The summed E-state index contributed by atoms with van der Waals surface area (Å²) in [5.41, 5.74) is 6.42. The summed E-state index contributed by atoms with van der Waals surface area (Å²) < 4.78 is 0. The third-order valence-corrected chi connectivity index (χ3v) is 3.32. The topological polar surface area (TPSA) is 26.0 Å². The quantitative estimate of drug-likeness (QED) is 0.661. The van der Waals surface area contributed by atoms with E-state index < -0.39 is 0 Å². The van der Waals surface area contributed by atoms with E-state index in [-0.39, 0.29) is 5.54 Å². The molecule has 0 heterocycles. The van der Waals surface area contributed by atoms with Gasteiger partial charge in [0, 0.05) is 5.54 Å². The standard InChI is InChI=1S/C9H19NS/c1-11-8-4-7-9(10)5-2-3-6-9/h2-8,10H2,1H3. The van der Waals surface area contributed by atoms with Gasteiger partial charge in [-0.15, -0.1) is 0 Å². The second kappa shape index (κ2) is 4.36. The van der Waals surface area contributed by atoms with Gasteiger partial charge in [-0.2, -0.15) is 11.8 Å². The Bertz CT molecular complexity index is 108. The van der Waals surface area contributed by atoms with Crippen LogP contribution >= 0.6 is 11.8 Å². The molecule has 0 aromatic carbocycles. The summed E-state index contributed by atoms with van der Waals surface area (Å²) >= 11 is 1.93. The lowest BCUT2D eigenvalue weighted by molar-refractivity contribution is 0.402. The molecule has 0 aromatic heterocycles. The van der Waals surface area contributed by atoms with Crippen molar-refractivity contribution in [2.45, 2.75) is 44.1 Å².